The highest BCUT2D eigenvalue weighted by Crippen LogP contribution is 2.21. The molecule has 0 saturated carbocycles. The van der Waals surface area contributed by atoms with E-state index < -0.39 is 0 Å². The van der Waals surface area contributed by atoms with Gasteiger partial charge in [-0.25, -0.2) is 4.98 Å². The molecule has 0 bridgehead atoms. The summed E-state index contributed by atoms with van der Waals surface area (Å²) in [7, 11) is 0. The van der Waals surface area contributed by atoms with E-state index in [-0.39, 0.29) is 5.54 Å². The van der Waals surface area contributed by atoms with Gasteiger partial charge in [0.05, 0.1) is 5.75 Å². The highest BCUT2D eigenvalue weighted by molar-refractivity contribution is 7.98. The van der Waals surface area contributed by atoms with Crippen LogP contribution in [0.1, 0.15) is 37.9 Å². The van der Waals surface area contributed by atoms with Crippen LogP contribution in [-0.2, 0) is 12.3 Å². The Labute approximate surface area is 125 Å². The lowest BCUT2D eigenvalue weighted by Crippen LogP contribution is -2.35. The zero-order valence-corrected chi connectivity index (χ0v) is 13.5. The molecule has 2 N–H and O–H groups in total. The van der Waals surface area contributed by atoms with Gasteiger partial charge in [-0.15, -0.1) is 11.8 Å². The number of rotatable bonds is 5. The topological polar surface area (TPSA) is 40.7 Å². The summed E-state index contributed by atoms with van der Waals surface area (Å²) < 4.78 is 0. The van der Waals surface area contributed by atoms with E-state index in [0.29, 0.717) is 0 Å². The molecule has 1 heterocycles. The van der Waals surface area contributed by atoms with Crippen LogP contribution < -0.4 is 5.32 Å². The van der Waals surface area contributed by atoms with Crippen molar-refractivity contribution >= 4 is 11.8 Å². The van der Waals surface area contributed by atoms with Crippen molar-refractivity contribution in [2.24, 2.45) is 0 Å². The molecule has 1 aromatic heterocycles. The van der Waals surface area contributed by atoms with Gasteiger partial charge in [-0.3, -0.25) is 0 Å². The molecule has 2 aromatic rings. The third-order valence-corrected chi connectivity index (χ3v) is 3.91. The van der Waals surface area contributed by atoms with Gasteiger partial charge >= 0.3 is 0 Å². The number of aromatic amines is 1. The maximum atomic E-state index is 4.43. The van der Waals surface area contributed by atoms with E-state index in [1.165, 1.54) is 10.5 Å². The Kier molecular flexibility index (Phi) is 4.89. The summed E-state index contributed by atoms with van der Waals surface area (Å²) in [6.07, 6.45) is 1.92. The van der Waals surface area contributed by atoms with Gasteiger partial charge in [-0.2, -0.15) is 0 Å². The fourth-order valence-corrected chi connectivity index (χ4v) is 2.49. The summed E-state index contributed by atoms with van der Waals surface area (Å²) in [5, 5.41) is 3.45. The molecule has 0 amide bonds. The van der Waals surface area contributed by atoms with Crippen LogP contribution >= 0.6 is 11.8 Å². The van der Waals surface area contributed by atoms with Crippen molar-refractivity contribution in [3.8, 4) is 0 Å². The molecule has 0 aliphatic heterocycles. The van der Waals surface area contributed by atoms with Gasteiger partial charge in [-0.1, -0.05) is 17.7 Å². The predicted molar refractivity (Wildman–Crippen MR) is 85.9 cm³/mol. The number of nitrogens with zero attached hydrogens (tertiary/aromatic N) is 1. The molecule has 0 fully saturated rings. The average molecular weight is 289 g/mol. The van der Waals surface area contributed by atoms with E-state index in [2.05, 4.69) is 67.2 Å². The number of nitrogens with one attached hydrogen (secondary N) is 2. The average Bonchev–Trinajstić information content (AvgIpc) is 2.83. The minimum Gasteiger partial charge on any atom is -0.344 e. The van der Waals surface area contributed by atoms with Crippen molar-refractivity contribution in [3.63, 3.8) is 0 Å². The van der Waals surface area contributed by atoms with Crippen LogP contribution in [0, 0.1) is 6.92 Å². The molecule has 108 valence electrons. The Bertz CT molecular complexity index is 538. The fourth-order valence-electron chi connectivity index (χ4n) is 1.72. The van der Waals surface area contributed by atoms with Crippen LogP contribution in [0.25, 0.3) is 0 Å². The molecule has 4 heteroatoms. The minimum absolute atomic E-state index is 0.127. The third-order valence-electron chi connectivity index (χ3n) is 2.89. The number of imidazole rings is 1. The van der Waals surface area contributed by atoms with Gasteiger partial charge in [0.1, 0.15) is 5.82 Å². The van der Waals surface area contributed by atoms with Crippen molar-refractivity contribution in [3.05, 3.63) is 47.5 Å². The lowest BCUT2D eigenvalue weighted by atomic mass is 10.1. The Hall–Kier alpha value is -1.26. The monoisotopic (exact) mass is 289 g/mol. The predicted octanol–water partition coefficient (Wildman–Crippen LogP) is 3.90. The number of H-pyrrole nitrogens is 1. The number of hydrogen-bond acceptors (Lipinski definition) is 3. The molecule has 0 atom stereocenters. The van der Waals surface area contributed by atoms with Crippen molar-refractivity contribution in [2.45, 2.75) is 50.4 Å². The van der Waals surface area contributed by atoms with Crippen molar-refractivity contribution < 1.29 is 0 Å². The first-order valence-corrected chi connectivity index (χ1v) is 7.88. The zero-order chi connectivity index (χ0) is 14.6. The van der Waals surface area contributed by atoms with Gasteiger partial charge < -0.3 is 10.3 Å². The number of hydrogen-bond donors (Lipinski definition) is 2. The van der Waals surface area contributed by atoms with Gasteiger partial charge in [0.25, 0.3) is 0 Å². The second kappa shape index (κ2) is 6.46. The molecule has 0 aliphatic carbocycles. The number of thioether (sulfide) groups is 1. The number of benzene rings is 1. The summed E-state index contributed by atoms with van der Waals surface area (Å²) in [6, 6.07) is 8.60. The van der Waals surface area contributed by atoms with Crippen LogP contribution in [-0.4, -0.2) is 15.5 Å². The van der Waals surface area contributed by atoms with E-state index in [1.54, 1.807) is 11.8 Å². The normalized spacial score (nSPS) is 11.8. The maximum Gasteiger partial charge on any atom is 0.116 e. The summed E-state index contributed by atoms with van der Waals surface area (Å²) in [5.41, 5.74) is 2.56. The Morgan fingerprint density at radius 2 is 1.90 bits per heavy atom. The summed E-state index contributed by atoms with van der Waals surface area (Å²) in [5.74, 6) is 1.90. The SMILES string of the molecule is Cc1ccc(SCc2ncc(CNC(C)(C)C)[nH]2)cc1. The molecule has 0 aliphatic rings. The Morgan fingerprint density at radius 1 is 1.20 bits per heavy atom. The standard InChI is InChI=1S/C16H23N3S/c1-12-5-7-14(8-6-12)20-11-15-17-9-13(19-15)10-18-16(2,3)4/h5-9,18H,10-11H2,1-4H3,(H,17,19). The van der Waals surface area contributed by atoms with E-state index in [9.17, 15) is 0 Å². The zero-order valence-electron chi connectivity index (χ0n) is 12.7. The molecule has 3 nitrogen and oxygen atoms in total. The van der Waals surface area contributed by atoms with E-state index in [4.69, 9.17) is 0 Å². The van der Waals surface area contributed by atoms with Crippen molar-refractivity contribution in [1.82, 2.24) is 15.3 Å². The van der Waals surface area contributed by atoms with Gasteiger partial charge in [0, 0.05) is 28.9 Å². The molecule has 2 rings (SSSR count). The minimum atomic E-state index is 0.127. The van der Waals surface area contributed by atoms with Gasteiger partial charge in [-0.05, 0) is 39.8 Å². The molecule has 0 spiro atoms. The van der Waals surface area contributed by atoms with E-state index in [1.807, 2.05) is 6.20 Å². The van der Waals surface area contributed by atoms with Crippen molar-refractivity contribution in [1.29, 1.82) is 0 Å². The molecular formula is C16H23N3S. The Balaban J connectivity index is 1.85. The van der Waals surface area contributed by atoms with E-state index in [0.717, 1.165) is 23.8 Å². The van der Waals surface area contributed by atoms with Crippen LogP contribution in [0.5, 0.6) is 0 Å². The number of aryl methyl sites for hydroxylation is 1. The molecule has 0 radical (unpaired) electrons. The summed E-state index contributed by atoms with van der Waals surface area (Å²) in [4.78, 5) is 9.09. The summed E-state index contributed by atoms with van der Waals surface area (Å²) in [6.45, 7) is 9.42. The van der Waals surface area contributed by atoms with E-state index >= 15 is 0 Å². The quantitative estimate of drug-likeness (QED) is 0.820. The third kappa shape index (κ3) is 5.02. The first kappa shape index (κ1) is 15.1. The maximum absolute atomic E-state index is 4.43. The number of aromatic nitrogens is 2. The fraction of sp³-hybridized carbons (Fsp3) is 0.438. The van der Waals surface area contributed by atoms with Crippen LogP contribution in [0.3, 0.4) is 0 Å². The smallest absolute Gasteiger partial charge is 0.116 e. The van der Waals surface area contributed by atoms with Crippen LogP contribution in [0.15, 0.2) is 35.4 Å². The highest BCUT2D eigenvalue weighted by Gasteiger charge is 2.09. The molecule has 1 aromatic carbocycles. The van der Waals surface area contributed by atoms with Crippen LogP contribution in [0.2, 0.25) is 0 Å². The summed E-state index contributed by atoms with van der Waals surface area (Å²) >= 11 is 1.81. The van der Waals surface area contributed by atoms with Crippen molar-refractivity contribution in [2.75, 3.05) is 0 Å². The van der Waals surface area contributed by atoms with Crippen LogP contribution in [0.4, 0.5) is 0 Å². The lowest BCUT2D eigenvalue weighted by molar-refractivity contribution is 0.421. The highest BCUT2D eigenvalue weighted by atomic mass is 32.2. The molecular weight excluding hydrogens is 266 g/mol. The van der Waals surface area contributed by atoms with Gasteiger partial charge in [0.15, 0.2) is 0 Å². The molecule has 0 saturated heterocycles. The first-order valence-electron chi connectivity index (χ1n) is 6.90. The molecule has 0 unspecified atom stereocenters. The first-order chi connectivity index (χ1) is 9.42. The van der Waals surface area contributed by atoms with Gasteiger partial charge in [0.2, 0.25) is 0 Å². The molecule has 20 heavy (non-hydrogen) atoms. The second-order valence-electron chi connectivity index (χ2n) is 6.06. The Morgan fingerprint density at radius 3 is 2.55 bits per heavy atom. The largest absolute Gasteiger partial charge is 0.344 e. The lowest BCUT2D eigenvalue weighted by Gasteiger charge is -2.19. The second-order valence-corrected chi connectivity index (χ2v) is 7.11.